The van der Waals surface area contributed by atoms with Gasteiger partial charge in [0.2, 0.25) is 0 Å². The van der Waals surface area contributed by atoms with Gasteiger partial charge in [-0.2, -0.15) is 0 Å². The molecule has 0 fully saturated rings. The fourth-order valence-corrected chi connectivity index (χ4v) is 2.26. The number of esters is 2. The van der Waals surface area contributed by atoms with Crippen molar-refractivity contribution in [3.05, 3.63) is 71.8 Å². The molecule has 0 aliphatic heterocycles. The van der Waals surface area contributed by atoms with Crippen LogP contribution < -0.4 is 0 Å². The highest BCUT2D eigenvalue weighted by molar-refractivity contribution is 5.85. The van der Waals surface area contributed by atoms with E-state index in [1.165, 1.54) is 0 Å². The topological polar surface area (TPSA) is 93.1 Å². The Hall–Kier alpha value is -2.70. The van der Waals surface area contributed by atoms with E-state index >= 15 is 0 Å². The summed E-state index contributed by atoms with van der Waals surface area (Å²) < 4.78 is 9.79. The first-order chi connectivity index (χ1) is 12.6. The van der Waals surface area contributed by atoms with Crippen LogP contribution >= 0.6 is 0 Å². The van der Waals surface area contributed by atoms with Crippen LogP contribution in [0.3, 0.4) is 0 Å². The SMILES string of the molecule is O=C(OCCc1ccccc1)[C@@H](O)[C@H](O)C(=O)OCCc1ccccc1. The highest BCUT2D eigenvalue weighted by Gasteiger charge is 2.32. The predicted octanol–water partition coefficient (Wildman–Crippen LogP) is 1.28. The summed E-state index contributed by atoms with van der Waals surface area (Å²) in [7, 11) is 0. The fraction of sp³-hybridized carbons (Fsp3) is 0.300. The number of aliphatic hydroxyl groups is 2. The van der Waals surface area contributed by atoms with Crippen molar-refractivity contribution >= 4 is 11.9 Å². The number of hydrogen-bond donors (Lipinski definition) is 2. The molecule has 0 saturated heterocycles. The zero-order chi connectivity index (χ0) is 18.8. The van der Waals surface area contributed by atoms with Crippen LogP contribution in [0, 0.1) is 0 Å². The van der Waals surface area contributed by atoms with Crippen LogP contribution in [0.1, 0.15) is 11.1 Å². The van der Waals surface area contributed by atoms with Gasteiger partial charge < -0.3 is 19.7 Å². The minimum atomic E-state index is -1.98. The van der Waals surface area contributed by atoms with Crippen LogP contribution in [0.25, 0.3) is 0 Å². The summed E-state index contributed by atoms with van der Waals surface area (Å²) in [6.45, 7) is 0.0748. The zero-order valence-corrected chi connectivity index (χ0v) is 14.3. The molecule has 2 atom stereocenters. The highest BCUT2D eigenvalue weighted by Crippen LogP contribution is 2.05. The Kier molecular flexibility index (Phi) is 7.79. The van der Waals surface area contributed by atoms with Crippen LogP contribution in [0.4, 0.5) is 0 Å². The Morgan fingerprint density at radius 3 is 1.38 bits per heavy atom. The molecule has 0 unspecified atom stereocenters. The zero-order valence-electron chi connectivity index (χ0n) is 14.3. The minimum Gasteiger partial charge on any atom is -0.463 e. The lowest BCUT2D eigenvalue weighted by Crippen LogP contribution is -2.42. The summed E-state index contributed by atoms with van der Waals surface area (Å²) >= 11 is 0. The summed E-state index contributed by atoms with van der Waals surface area (Å²) in [6, 6.07) is 18.7. The van der Waals surface area contributed by atoms with E-state index in [0.717, 1.165) is 11.1 Å². The lowest BCUT2D eigenvalue weighted by molar-refractivity contribution is -0.173. The van der Waals surface area contributed by atoms with Crippen molar-refractivity contribution in [1.82, 2.24) is 0 Å². The van der Waals surface area contributed by atoms with Crippen LogP contribution in [-0.4, -0.2) is 47.6 Å². The molecule has 0 bridgehead atoms. The molecule has 0 aliphatic rings. The second kappa shape index (κ2) is 10.3. The van der Waals surface area contributed by atoms with Crippen LogP contribution in [0.2, 0.25) is 0 Å². The number of rotatable bonds is 9. The molecular formula is C20H22O6. The summed E-state index contributed by atoms with van der Waals surface area (Å²) in [4.78, 5) is 23.5. The number of carbonyl (C=O) groups excluding carboxylic acids is 2. The first kappa shape index (κ1) is 19.6. The van der Waals surface area contributed by atoms with E-state index in [9.17, 15) is 19.8 Å². The van der Waals surface area contributed by atoms with E-state index in [4.69, 9.17) is 9.47 Å². The lowest BCUT2D eigenvalue weighted by Gasteiger charge is -2.16. The first-order valence-corrected chi connectivity index (χ1v) is 8.35. The number of benzene rings is 2. The largest absolute Gasteiger partial charge is 0.463 e. The Labute approximate surface area is 152 Å². The van der Waals surface area contributed by atoms with Gasteiger partial charge in [0.1, 0.15) is 0 Å². The average Bonchev–Trinajstić information content (AvgIpc) is 2.68. The van der Waals surface area contributed by atoms with Crippen molar-refractivity contribution < 1.29 is 29.3 Å². The molecule has 0 aromatic heterocycles. The second-order valence-electron chi connectivity index (χ2n) is 5.70. The Balaban J connectivity index is 1.69. The molecule has 2 aromatic rings. The van der Waals surface area contributed by atoms with Gasteiger partial charge in [0.05, 0.1) is 13.2 Å². The number of aliphatic hydroxyl groups excluding tert-OH is 2. The summed E-state index contributed by atoms with van der Waals surface area (Å²) in [5.41, 5.74) is 1.94. The van der Waals surface area contributed by atoms with Gasteiger partial charge in [0.15, 0.2) is 12.2 Å². The van der Waals surface area contributed by atoms with Gasteiger partial charge in [0.25, 0.3) is 0 Å². The number of carbonyl (C=O) groups is 2. The van der Waals surface area contributed by atoms with Crippen LogP contribution in [-0.2, 0) is 31.9 Å². The van der Waals surface area contributed by atoms with Crippen molar-refractivity contribution in [1.29, 1.82) is 0 Å². The maximum Gasteiger partial charge on any atom is 0.338 e. The monoisotopic (exact) mass is 358 g/mol. The maximum absolute atomic E-state index is 11.7. The molecule has 2 aromatic carbocycles. The molecule has 0 heterocycles. The van der Waals surface area contributed by atoms with Crippen molar-refractivity contribution in [3.8, 4) is 0 Å². The van der Waals surface area contributed by atoms with Crippen molar-refractivity contribution in [2.75, 3.05) is 13.2 Å². The van der Waals surface area contributed by atoms with E-state index in [1.807, 2.05) is 60.7 Å². The third kappa shape index (κ3) is 6.31. The van der Waals surface area contributed by atoms with E-state index < -0.39 is 24.1 Å². The molecule has 138 valence electrons. The fourth-order valence-electron chi connectivity index (χ4n) is 2.26. The molecule has 0 aliphatic carbocycles. The lowest BCUT2D eigenvalue weighted by atomic mass is 10.1. The third-order valence-corrected chi connectivity index (χ3v) is 3.74. The van der Waals surface area contributed by atoms with Crippen LogP contribution in [0.15, 0.2) is 60.7 Å². The van der Waals surface area contributed by atoms with E-state index in [1.54, 1.807) is 0 Å². The summed E-state index contributed by atoms with van der Waals surface area (Å²) in [6.07, 6.45) is -3.02. The molecule has 6 heteroatoms. The Morgan fingerprint density at radius 1 is 0.692 bits per heavy atom. The normalized spacial score (nSPS) is 12.8. The van der Waals surface area contributed by atoms with Gasteiger partial charge in [-0.15, -0.1) is 0 Å². The molecule has 0 spiro atoms. The predicted molar refractivity (Wildman–Crippen MR) is 94.2 cm³/mol. The number of hydrogen-bond acceptors (Lipinski definition) is 6. The van der Waals surface area contributed by atoms with Crippen molar-refractivity contribution in [2.45, 2.75) is 25.0 Å². The molecule has 2 rings (SSSR count). The van der Waals surface area contributed by atoms with Crippen molar-refractivity contribution in [2.24, 2.45) is 0 Å². The molecular weight excluding hydrogens is 336 g/mol. The summed E-state index contributed by atoms with van der Waals surface area (Å²) in [5, 5.41) is 19.5. The van der Waals surface area contributed by atoms with E-state index in [-0.39, 0.29) is 13.2 Å². The van der Waals surface area contributed by atoms with E-state index in [0.29, 0.717) is 12.8 Å². The summed E-state index contributed by atoms with van der Waals surface area (Å²) in [5.74, 6) is -2.12. The highest BCUT2D eigenvalue weighted by atomic mass is 16.6. The molecule has 26 heavy (non-hydrogen) atoms. The molecule has 6 nitrogen and oxygen atoms in total. The number of ether oxygens (including phenoxy) is 2. The van der Waals surface area contributed by atoms with Gasteiger partial charge in [-0.05, 0) is 11.1 Å². The second-order valence-corrected chi connectivity index (χ2v) is 5.70. The smallest absolute Gasteiger partial charge is 0.338 e. The van der Waals surface area contributed by atoms with Gasteiger partial charge in [-0.3, -0.25) is 0 Å². The molecule has 0 saturated carbocycles. The molecule has 0 amide bonds. The van der Waals surface area contributed by atoms with Gasteiger partial charge in [0, 0.05) is 12.8 Å². The average molecular weight is 358 g/mol. The standard InChI is InChI=1S/C20H22O6/c21-17(19(23)25-13-11-15-7-3-1-4-8-15)18(22)20(24)26-14-12-16-9-5-2-6-10-16/h1-10,17-18,21-22H,11-14H2/t17-,18-/m0/s1. The molecule has 2 N–H and O–H groups in total. The maximum atomic E-state index is 11.7. The van der Waals surface area contributed by atoms with Gasteiger partial charge in [-0.1, -0.05) is 60.7 Å². The van der Waals surface area contributed by atoms with E-state index in [2.05, 4.69) is 0 Å². The molecule has 0 radical (unpaired) electrons. The third-order valence-electron chi connectivity index (χ3n) is 3.74. The van der Waals surface area contributed by atoms with Crippen molar-refractivity contribution in [3.63, 3.8) is 0 Å². The first-order valence-electron chi connectivity index (χ1n) is 8.35. The Morgan fingerprint density at radius 2 is 1.04 bits per heavy atom. The van der Waals surface area contributed by atoms with Crippen LogP contribution in [0.5, 0.6) is 0 Å². The quantitative estimate of drug-likeness (QED) is 0.656. The van der Waals surface area contributed by atoms with Gasteiger partial charge >= 0.3 is 11.9 Å². The van der Waals surface area contributed by atoms with Gasteiger partial charge in [-0.25, -0.2) is 9.59 Å². The Bertz CT molecular complexity index is 624. The minimum absolute atomic E-state index is 0.0374.